The van der Waals surface area contributed by atoms with Crippen molar-refractivity contribution >= 4 is 23.5 Å². The van der Waals surface area contributed by atoms with Crippen molar-refractivity contribution in [1.29, 1.82) is 5.26 Å². The molecule has 1 aromatic rings. The summed E-state index contributed by atoms with van der Waals surface area (Å²) in [4.78, 5) is 2.06. The third-order valence-corrected chi connectivity index (χ3v) is 2.77. The fourth-order valence-corrected chi connectivity index (χ4v) is 2.04. The molecule has 0 atom stereocenters. The Morgan fingerprint density at radius 3 is 2.50 bits per heavy atom. The minimum absolute atomic E-state index is 0.727. The molecule has 2 heteroatoms. The zero-order valence-electron chi connectivity index (χ0n) is 6.92. The van der Waals surface area contributed by atoms with Gasteiger partial charge in [-0.2, -0.15) is 5.26 Å². The summed E-state index contributed by atoms with van der Waals surface area (Å²) >= 11 is 1.58. The Morgan fingerprint density at radius 1 is 1.42 bits per heavy atom. The van der Waals surface area contributed by atoms with Crippen molar-refractivity contribution in [2.24, 2.45) is 0 Å². The first kappa shape index (κ1) is 8.76. The zero-order valence-corrected chi connectivity index (χ0v) is 7.74. The van der Waals surface area contributed by atoms with Crippen LogP contribution in [0, 0.1) is 18.3 Å². The minimum Gasteiger partial charge on any atom is -0.192 e. The molecule has 0 saturated carbocycles. The van der Waals surface area contributed by atoms with Crippen LogP contribution in [-0.4, -0.2) is 0 Å². The quantitative estimate of drug-likeness (QED) is 0.677. The van der Waals surface area contributed by atoms with E-state index in [0.717, 1.165) is 20.9 Å². The van der Waals surface area contributed by atoms with E-state index in [2.05, 4.69) is 19.2 Å². The van der Waals surface area contributed by atoms with Gasteiger partial charge >= 0.3 is 0 Å². The number of nitriles is 1. The van der Waals surface area contributed by atoms with E-state index in [4.69, 9.17) is 5.26 Å². The van der Waals surface area contributed by atoms with E-state index in [1.807, 2.05) is 6.92 Å². The predicted molar refractivity (Wildman–Crippen MR) is 54.0 cm³/mol. The normalized spacial score (nSPS) is 9.00. The first-order chi connectivity index (χ1) is 5.74. The second-order valence-electron chi connectivity index (χ2n) is 2.33. The van der Waals surface area contributed by atoms with E-state index in [1.165, 1.54) is 0 Å². The van der Waals surface area contributed by atoms with Gasteiger partial charge in [0.25, 0.3) is 0 Å². The van der Waals surface area contributed by atoms with Gasteiger partial charge in [-0.25, -0.2) is 0 Å². The molecule has 60 valence electrons. The Kier molecular flexibility index (Phi) is 2.47. The van der Waals surface area contributed by atoms with Gasteiger partial charge in [0.15, 0.2) is 0 Å². The summed E-state index contributed by atoms with van der Waals surface area (Å²) in [7, 11) is 0. The van der Waals surface area contributed by atoms with Crippen molar-refractivity contribution in [1.82, 2.24) is 0 Å². The van der Waals surface area contributed by atoms with Crippen LogP contribution in [0.3, 0.4) is 0 Å². The molecule has 1 nitrogen and oxygen atoms in total. The highest BCUT2D eigenvalue weighted by Crippen LogP contribution is 2.28. The molecule has 1 rings (SSSR count). The van der Waals surface area contributed by atoms with Crippen molar-refractivity contribution in [3.8, 4) is 6.07 Å². The molecule has 1 heterocycles. The predicted octanol–water partition coefficient (Wildman–Crippen LogP) is 3.21. The summed E-state index contributed by atoms with van der Waals surface area (Å²) in [6, 6.07) is 2.16. The van der Waals surface area contributed by atoms with Crippen LogP contribution in [0.15, 0.2) is 13.2 Å². The molecule has 0 bridgehead atoms. The molecule has 0 unspecified atom stereocenters. The number of rotatable bonds is 2. The van der Waals surface area contributed by atoms with Gasteiger partial charge in [-0.3, -0.25) is 0 Å². The van der Waals surface area contributed by atoms with Gasteiger partial charge in [-0.05, 0) is 6.92 Å². The third kappa shape index (κ3) is 1.19. The van der Waals surface area contributed by atoms with E-state index >= 15 is 0 Å². The summed E-state index contributed by atoms with van der Waals surface area (Å²) in [5.41, 5.74) is 1.64. The third-order valence-electron chi connectivity index (χ3n) is 1.65. The molecule has 0 aromatic carbocycles. The molecule has 1 aromatic heterocycles. The van der Waals surface area contributed by atoms with Gasteiger partial charge in [0.2, 0.25) is 0 Å². The first-order valence-electron chi connectivity index (χ1n) is 3.53. The Hall–Kier alpha value is -1.33. The Balaban J connectivity index is 3.47. The van der Waals surface area contributed by atoms with Crippen molar-refractivity contribution < 1.29 is 0 Å². The van der Waals surface area contributed by atoms with Crippen LogP contribution in [0.25, 0.3) is 12.2 Å². The van der Waals surface area contributed by atoms with Crippen LogP contribution in [0.5, 0.6) is 0 Å². The second-order valence-corrected chi connectivity index (χ2v) is 3.59. The SMILES string of the molecule is C=Cc1sc(C)c(C#N)c1C=C. The molecule has 0 aliphatic heterocycles. The van der Waals surface area contributed by atoms with Crippen molar-refractivity contribution in [3.05, 3.63) is 34.0 Å². The van der Waals surface area contributed by atoms with Crippen LogP contribution >= 0.6 is 11.3 Å². The number of aryl methyl sites for hydroxylation is 1. The molecule has 0 radical (unpaired) electrons. The van der Waals surface area contributed by atoms with Crippen LogP contribution in [0.4, 0.5) is 0 Å². The molecule has 0 aliphatic carbocycles. The van der Waals surface area contributed by atoms with E-state index in [0.29, 0.717) is 0 Å². The molecule has 0 N–H and O–H groups in total. The summed E-state index contributed by atoms with van der Waals surface area (Å²) in [6.45, 7) is 9.28. The lowest BCUT2D eigenvalue weighted by atomic mass is 10.1. The van der Waals surface area contributed by atoms with Gasteiger partial charge < -0.3 is 0 Å². The Bertz CT molecular complexity index is 366. The highest BCUT2D eigenvalue weighted by atomic mass is 32.1. The van der Waals surface area contributed by atoms with Gasteiger partial charge in [0, 0.05) is 15.3 Å². The lowest BCUT2D eigenvalue weighted by Gasteiger charge is -1.89. The summed E-state index contributed by atoms with van der Waals surface area (Å²) < 4.78 is 0. The van der Waals surface area contributed by atoms with Crippen molar-refractivity contribution in [3.63, 3.8) is 0 Å². The standard InChI is InChI=1S/C10H9NS/c1-4-8-9(6-11)7(3)12-10(8)5-2/h4-5H,1-2H2,3H3. The van der Waals surface area contributed by atoms with E-state index in [9.17, 15) is 0 Å². The van der Waals surface area contributed by atoms with Crippen molar-refractivity contribution in [2.45, 2.75) is 6.92 Å². The molecular weight excluding hydrogens is 166 g/mol. The van der Waals surface area contributed by atoms with Crippen LogP contribution in [0.1, 0.15) is 20.9 Å². The maximum Gasteiger partial charge on any atom is 0.101 e. The first-order valence-corrected chi connectivity index (χ1v) is 4.34. The van der Waals surface area contributed by atoms with E-state index in [1.54, 1.807) is 23.5 Å². The van der Waals surface area contributed by atoms with Gasteiger partial charge in [0.1, 0.15) is 6.07 Å². The monoisotopic (exact) mass is 175 g/mol. The van der Waals surface area contributed by atoms with Gasteiger partial charge in [-0.15, -0.1) is 11.3 Å². The maximum atomic E-state index is 8.81. The maximum absolute atomic E-state index is 8.81. The molecule has 0 amide bonds. The fourth-order valence-electron chi connectivity index (χ4n) is 1.08. The molecule has 0 fully saturated rings. The molecule has 0 spiro atoms. The topological polar surface area (TPSA) is 23.8 Å². The summed E-state index contributed by atoms with van der Waals surface area (Å²) in [6.07, 6.45) is 3.47. The lowest BCUT2D eigenvalue weighted by Crippen LogP contribution is -1.77. The molecular formula is C10H9NS. The second kappa shape index (κ2) is 3.38. The molecule has 0 aliphatic rings. The molecule has 12 heavy (non-hydrogen) atoms. The average Bonchev–Trinajstić information content (AvgIpc) is 2.40. The van der Waals surface area contributed by atoms with E-state index in [-0.39, 0.29) is 0 Å². The smallest absolute Gasteiger partial charge is 0.101 e. The number of thiophene rings is 1. The number of hydrogen-bond acceptors (Lipinski definition) is 2. The Labute approximate surface area is 76.3 Å². The molecule has 0 saturated heterocycles. The van der Waals surface area contributed by atoms with E-state index < -0.39 is 0 Å². The summed E-state index contributed by atoms with van der Waals surface area (Å²) in [5, 5.41) is 8.81. The van der Waals surface area contributed by atoms with Gasteiger partial charge in [-0.1, -0.05) is 25.3 Å². The Morgan fingerprint density at radius 2 is 2.08 bits per heavy atom. The fraction of sp³-hybridized carbons (Fsp3) is 0.100. The van der Waals surface area contributed by atoms with Crippen LogP contribution in [-0.2, 0) is 0 Å². The minimum atomic E-state index is 0.727. The van der Waals surface area contributed by atoms with Crippen LogP contribution < -0.4 is 0 Å². The highest BCUT2D eigenvalue weighted by Gasteiger charge is 2.09. The van der Waals surface area contributed by atoms with Crippen molar-refractivity contribution in [2.75, 3.05) is 0 Å². The highest BCUT2D eigenvalue weighted by molar-refractivity contribution is 7.13. The lowest BCUT2D eigenvalue weighted by molar-refractivity contribution is 1.46. The number of hydrogen-bond donors (Lipinski definition) is 0. The van der Waals surface area contributed by atoms with Gasteiger partial charge in [0.05, 0.1) is 5.56 Å². The largest absolute Gasteiger partial charge is 0.192 e. The summed E-state index contributed by atoms with van der Waals surface area (Å²) in [5.74, 6) is 0. The average molecular weight is 175 g/mol. The number of nitrogens with zero attached hydrogens (tertiary/aromatic N) is 1. The van der Waals surface area contributed by atoms with Crippen LogP contribution in [0.2, 0.25) is 0 Å². The zero-order chi connectivity index (χ0) is 9.14.